The van der Waals surface area contributed by atoms with Gasteiger partial charge in [-0.2, -0.15) is 5.10 Å². The predicted octanol–water partition coefficient (Wildman–Crippen LogP) is -0.848. The Bertz CT molecular complexity index is 243. The Hall–Kier alpha value is -1.10. The zero-order valence-corrected chi connectivity index (χ0v) is 6.63. The van der Waals surface area contributed by atoms with Gasteiger partial charge in [0.25, 0.3) is 0 Å². The van der Waals surface area contributed by atoms with Crippen LogP contribution in [0.4, 0.5) is 0 Å². The monoisotopic (exact) mass is 169 g/mol. The zero-order valence-electron chi connectivity index (χ0n) is 6.63. The molecule has 3 N–H and O–H groups in total. The van der Waals surface area contributed by atoms with E-state index in [9.17, 15) is 4.79 Å². The molecule has 0 aromatic heterocycles. The molecule has 0 bridgehead atoms. The van der Waals surface area contributed by atoms with E-state index in [1.54, 1.807) is 0 Å². The fourth-order valence-corrected chi connectivity index (χ4v) is 1.70. The standard InChI is InChI=1S/C7H11N3O2/c11-6(12)5-3-7(10-9-5)1-2-8-4-7/h8,10H,1-4H2,(H,11,12). The van der Waals surface area contributed by atoms with E-state index in [1.165, 1.54) is 0 Å². The largest absolute Gasteiger partial charge is 0.477 e. The molecule has 1 saturated heterocycles. The minimum absolute atomic E-state index is 0.103. The van der Waals surface area contributed by atoms with Crippen molar-refractivity contribution in [1.29, 1.82) is 0 Å². The van der Waals surface area contributed by atoms with Gasteiger partial charge in [0.1, 0.15) is 5.71 Å². The molecule has 2 aliphatic rings. The average molecular weight is 169 g/mol. The molecule has 5 nitrogen and oxygen atoms in total. The molecule has 2 aliphatic heterocycles. The first kappa shape index (κ1) is 7.54. The van der Waals surface area contributed by atoms with E-state index < -0.39 is 5.97 Å². The molecule has 0 aromatic rings. The van der Waals surface area contributed by atoms with Crippen LogP contribution in [-0.4, -0.2) is 35.4 Å². The number of hydrogen-bond donors (Lipinski definition) is 3. The Balaban J connectivity index is 2.06. The third-order valence-electron chi connectivity index (χ3n) is 2.42. The second-order valence-electron chi connectivity index (χ2n) is 3.36. The number of nitrogens with one attached hydrogen (secondary N) is 2. The van der Waals surface area contributed by atoms with E-state index >= 15 is 0 Å². The fourth-order valence-electron chi connectivity index (χ4n) is 1.70. The molecule has 12 heavy (non-hydrogen) atoms. The first-order valence-electron chi connectivity index (χ1n) is 4.00. The van der Waals surface area contributed by atoms with Gasteiger partial charge in [0, 0.05) is 13.0 Å². The Kier molecular flexibility index (Phi) is 1.54. The number of carbonyl (C=O) groups is 1. The van der Waals surface area contributed by atoms with Gasteiger partial charge in [-0.1, -0.05) is 0 Å². The van der Waals surface area contributed by atoms with E-state index in [1.807, 2.05) is 0 Å². The van der Waals surface area contributed by atoms with Gasteiger partial charge in [-0.05, 0) is 13.0 Å². The first-order chi connectivity index (χ1) is 5.72. The minimum atomic E-state index is -0.911. The lowest BCUT2D eigenvalue weighted by molar-refractivity contribution is -0.129. The average Bonchev–Trinajstić information content (AvgIpc) is 2.62. The van der Waals surface area contributed by atoms with E-state index in [0.29, 0.717) is 6.42 Å². The molecule has 66 valence electrons. The van der Waals surface area contributed by atoms with Gasteiger partial charge in [-0.3, -0.25) is 0 Å². The van der Waals surface area contributed by atoms with Crippen LogP contribution in [0.15, 0.2) is 5.10 Å². The van der Waals surface area contributed by atoms with Crippen LogP contribution in [0.5, 0.6) is 0 Å². The molecular formula is C7H11N3O2. The number of hydrazone groups is 1. The summed E-state index contributed by atoms with van der Waals surface area (Å²) in [6, 6.07) is 0. The fraction of sp³-hybridized carbons (Fsp3) is 0.714. The molecule has 0 saturated carbocycles. The minimum Gasteiger partial charge on any atom is -0.477 e. The number of aliphatic carboxylic acids is 1. The number of carboxylic acids is 1. The molecule has 1 atom stereocenters. The maximum Gasteiger partial charge on any atom is 0.352 e. The maximum atomic E-state index is 10.6. The van der Waals surface area contributed by atoms with Crippen molar-refractivity contribution in [3.8, 4) is 0 Å². The van der Waals surface area contributed by atoms with Crippen LogP contribution in [-0.2, 0) is 4.79 Å². The van der Waals surface area contributed by atoms with Crippen LogP contribution < -0.4 is 10.7 Å². The molecule has 0 radical (unpaired) electrons. The SMILES string of the molecule is O=C(O)C1=NNC2(CCNC2)C1. The summed E-state index contributed by atoms with van der Waals surface area (Å²) in [7, 11) is 0. The topological polar surface area (TPSA) is 73.7 Å². The van der Waals surface area contributed by atoms with Crippen molar-refractivity contribution in [3.05, 3.63) is 0 Å². The van der Waals surface area contributed by atoms with E-state index in [4.69, 9.17) is 5.11 Å². The Morgan fingerprint density at radius 2 is 2.50 bits per heavy atom. The van der Waals surface area contributed by atoms with Gasteiger partial charge in [0.2, 0.25) is 0 Å². The summed E-state index contributed by atoms with van der Waals surface area (Å²) in [4.78, 5) is 10.6. The van der Waals surface area contributed by atoms with Crippen LogP contribution >= 0.6 is 0 Å². The maximum absolute atomic E-state index is 10.6. The van der Waals surface area contributed by atoms with Crippen LogP contribution in [0, 0.1) is 0 Å². The smallest absolute Gasteiger partial charge is 0.352 e. The summed E-state index contributed by atoms with van der Waals surface area (Å²) in [5, 5.41) is 15.6. The summed E-state index contributed by atoms with van der Waals surface area (Å²) in [5.74, 6) is -0.911. The molecule has 2 heterocycles. The first-order valence-corrected chi connectivity index (χ1v) is 4.00. The summed E-state index contributed by atoms with van der Waals surface area (Å²) in [5.41, 5.74) is 3.05. The van der Waals surface area contributed by atoms with Gasteiger partial charge in [0.15, 0.2) is 0 Å². The van der Waals surface area contributed by atoms with Crippen LogP contribution in [0.25, 0.3) is 0 Å². The Morgan fingerprint density at radius 3 is 3.00 bits per heavy atom. The van der Waals surface area contributed by atoms with E-state index in [0.717, 1.165) is 19.5 Å². The van der Waals surface area contributed by atoms with Gasteiger partial charge < -0.3 is 15.8 Å². The molecular weight excluding hydrogens is 158 g/mol. The highest BCUT2D eigenvalue weighted by Gasteiger charge is 2.40. The van der Waals surface area contributed by atoms with Crippen molar-refractivity contribution in [2.24, 2.45) is 5.10 Å². The van der Waals surface area contributed by atoms with Gasteiger partial charge in [0.05, 0.1) is 5.54 Å². The second-order valence-corrected chi connectivity index (χ2v) is 3.36. The van der Waals surface area contributed by atoms with Crippen LogP contribution in [0.2, 0.25) is 0 Å². The van der Waals surface area contributed by atoms with Gasteiger partial charge in [-0.25, -0.2) is 4.79 Å². The lowest BCUT2D eigenvalue weighted by Gasteiger charge is -2.20. The highest BCUT2D eigenvalue weighted by Crippen LogP contribution is 2.23. The summed E-state index contributed by atoms with van der Waals surface area (Å²) in [6.45, 7) is 1.75. The molecule has 5 heteroatoms. The number of carboxylic acid groups (broad SMARTS) is 1. The van der Waals surface area contributed by atoms with Crippen molar-refractivity contribution < 1.29 is 9.90 Å². The van der Waals surface area contributed by atoms with Crippen molar-refractivity contribution in [2.45, 2.75) is 18.4 Å². The van der Waals surface area contributed by atoms with E-state index in [2.05, 4.69) is 15.8 Å². The molecule has 1 spiro atoms. The van der Waals surface area contributed by atoms with Gasteiger partial charge in [-0.15, -0.1) is 0 Å². The van der Waals surface area contributed by atoms with Crippen LogP contribution in [0.3, 0.4) is 0 Å². The predicted molar refractivity (Wildman–Crippen MR) is 43.0 cm³/mol. The Labute approximate surface area is 69.8 Å². The van der Waals surface area contributed by atoms with Crippen molar-refractivity contribution >= 4 is 11.7 Å². The third kappa shape index (κ3) is 1.06. The molecule has 1 unspecified atom stereocenters. The highest BCUT2D eigenvalue weighted by molar-refractivity contribution is 6.36. The van der Waals surface area contributed by atoms with Gasteiger partial charge >= 0.3 is 5.97 Å². The second kappa shape index (κ2) is 2.45. The van der Waals surface area contributed by atoms with Crippen molar-refractivity contribution in [2.75, 3.05) is 13.1 Å². The molecule has 0 aromatic carbocycles. The lowest BCUT2D eigenvalue weighted by Crippen LogP contribution is -2.41. The van der Waals surface area contributed by atoms with Crippen molar-refractivity contribution in [1.82, 2.24) is 10.7 Å². The zero-order chi connectivity index (χ0) is 8.60. The van der Waals surface area contributed by atoms with Crippen LogP contribution in [0.1, 0.15) is 12.8 Å². The lowest BCUT2D eigenvalue weighted by atomic mass is 9.94. The van der Waals surface area contributed by atoms with Crippen molar-refractivity contribution in [3.63, 3.8) is 0 Å². The highest BCUT2D eigenvalue weighted by atomic mass is 16.4. The number of rotatable bonds is 1. The molecule has 0 aliphatic carbocycles. The summed E-state index contributed by atoms with van der Waals surface area (Å²) >= 11 is 0. The third-order valence-corrected chi connectivity index (χ3v) is 2.42. The molecule has 1 fully saturated rings. The summed E-state index contributed by atoms with van der Waals surface area (Å²) in [6.07, 6.45) is 1.49. The normalized spacial score (nSPS) is 33.5. The molecule has 0 amide bonds. The van der Waals surface area contributed by atoms with E-state index in [-0.39, 0.29) is 11.3 Å². The quantitative estimate of drug-likeness (QED) is 0.478. The molecule has 2 rings (SSSR count). The Morgan fingerprint density at radius 1 is 1.67 bits per heavy atom. The number of hydrogen-bond acceptors (Lipinski definition) is 4. The summed E-state index contributed by atoms with van der Waals surface area (Å²) < 4.78 is 0. The number of nitrogens with zero attached hydrogens (tertiary/aromatic N) is 1.